The first-order valence-corrected chi connectivity index (χ1v) is 35.2. The van der Waals surface area contributed by atoms with Crippen molar-refractivity contribution in [1.29, 1.82) is 0 Å². The van der Waals surface area contributed by atoms with Crippen molar-refractivity contribution in [2.45, 2.75) is 352 Å². The standard InChI is InChI=1S/C65H121O18P/c1-6-10-14-18-21-24-25-26-27-28-29-31-33-37-41-45-56(68)81-63-61(77-48-46-53(75-5)44-40-35-17-13-9-4)59(83-84(72,73)74)54(50-66)80-65(63)78-51-55-58(70)60(76-47-42-38-34-23-20-16-12-8-3)62(64(71)79-55)82-57(69)49-52(67)43-39-36-32-30-22-19-15-11-7-2/h24-25,53-55,58-66,70-71H,6-23,26-51H2,1-5H3,(H2,72,73,74)/t53-,54-,55-,58-,59-,60+,61+,62-,63-,64+,65-/m1/s1. The van der Waals surface area contributed by atoms with Gasteiger partial charge in [0.1, 0.15) is 48.8 Å². The van der Waals surface area contributed by atoms with Gasteiger partial charge in [-0.2, -0.15) is 0 Å². The Morgan fingerprint density at radius 3 is 1.51 bits per heavy atom. The van der Waals surface area contributed by atoms with Gasteiger partial charge in [0.05, 0.1) is 19.3 Å². The minimum atomic E-state index is -5.28. The maximum Gasteiger partial charge on any atom is 0.470 e. The van der Waals surface area contributed by atoms with Crippen molar-refractivity contribution in [1.82, 2.24) is 0 Å². The van der Waals surface area contributed by atoms with Crippen LogP contribution in [0.3, 0.4) is 0 Å². The molecule has 2 rings (SSSR count). The van der Waals surface area contributed by atoms with E-state index in [9.17, 15) is 44.1 Å². The van der Waals surface area contributed by atoms with Crippen LogP contribution in [0.2, 0.25) is 0 Å². The zero-order valence-electron chi connectivity index (χ0n) is 53.1. The zero-order valence-corrected chi connectivity index (χ0v) is 54.0. The summed E-state index contributed by atoms with van der Waals surface area (Å²) in [5.41, 5.74) is 0. The van der Waals surface area contributed by atoms with E-state index < -0.39 is 101 Å². The summed E-state index contributed by atoms with van der Waals surface area (Å²) in [6, 6.07) is 0. The summed E-state index contributed by atoms with van der Waals surface area (Å²) in [6.45, 7) is 7.52. The van der Waals surface area contributed by atoms with Gasteiger partial charge in [-0.3, -0.25) is 18.9 Å². The van der Waals surface area contributed by atoms with Gasteiger partial charge in [0.15, 0.2) is 24.8 Å². The Hall–Kier alpha value is -1.90. The average molecular weight is 1220 g/mol. The van der Waals surface area contributed by atoms with Crippen LogP contribution in [0.4, 0.5) is 0 Å². The van der Waals surface area contributed by atoms with Gasteiger partial charge < -0.3 is 63.0 Å². The molecule has 19 heteroatoms. The molecule has 0 radical (unpaired) electrons. The van der Waals surface area contributed by atoms with E-state index in [2.05, 4.69) is 39.8 Å². The van der Waals surface area contributed by atoms with Crippen LogP contribution in [0.1, 0.15) is 285 Å². The van der Waals surface area contributed by atoms with Crippen molar-refractivity contribution >= 4 is 25.5 Å². The van der Waals surface area contributed by atoms with Crippen molar-refractivity contribution in [3.63, 3.8) is 0 Å². The number of phosphoric acid groups is 1. The number of ketones is 1. The van der Waals surface area contributed by atoms with Gasteiger partial charge in [0, 0.05) is 33.2 Å². The second-order valence-corrected chi connectivity index (χ2v) is 24.9. The topological polar surface area (TPSA) is 252 Å². The third kappa shape index (κ3) is 37.2. The number of ether oxygens (including phenoxy) is 8. The molecule has 494 valence electrons. The Labute approximate surface area is 507 Å². The first-order chi connectivity index (χ1) is 40.7. The zero-order chi connectivity index (χ0) is 61.5. The lowest BCUT2D eigenvalue weighted by molar-refractivity contribution is -0.332. The number of carbonyl (C=O) groups excluding carboxylic acids is 3. The molecular weight excluding hydrogens is 1100 g/mol. The molecule has 11 atom stereocenters. The lowest BCUT2D eigenvalue weighted by atomic mass is 9.97. The SMILES string of the molecule is CCCCCCC=CCCCCCCCCCC(=O)O[C@H]1[C@H](OC[C@H]2O[C@H](O)[C@H](OC(=O)CC(=O)CCCCCCCCCCC)[C@@H](OCCCCCCCCCC)[C@@H]2O)O[C@H](CO)[C@@H](OP(=O)(O)O)[C@@H]1OCC[C@@H](CCCCCCC)OC. The van der Waals surface area contributed by atoms with Gasteiger partial charge >= 0.3 is 19.8 Å². The highest BCUT2D eigenvalue weighted by Crippen LogP contribution is 2.43. The van der Waals surface area contributed by atoms with Crippen LogP contribution >= 0.6 is 7.82 Å². The Kier molecular flexibility index (Phi) is 47.4. The molecule has 0 aliphatic carbocycles. The molecule has 0 aromatic carbocycles. The summed E-state index contributed by atoms with van der Waals surface area (Å²) >= 11 is 0. The van der Waals surface area contributed by atoms with Crippen molar-refractivity contribution < 1.29 is 86.5 Å². The van der Waals surface area contributed by atoms with E-state index in [-0.39, 0.29) is 37.9 Å². The van der Waals surface area contributed by atoms with Crippen molar-refractivity contribution in [3.8, 4) is 0 Å². The van der Waals surface area contributed by atoms with E-state index in [4.69, 9.17) is 42.4 Å². The minimum absolute atomic E-state index is 0.00962. The number of unbranched alkanes of at least 4 members (excludes halogenated alkanes) is 30. The first kappa shape index (κ1) is 78.2. The number of hydrogen-bond donors (Lipinski definition) is 5. The fraction of sp³-hybridized carbons (Fsp3) is 0.923. The van der Waals surface area contributed by atoms with E-state index >= 15 is 0 Å². The summed E-state index contributed by atoms with van der Waals surface area (Å²) in [6.07, 6.45) is 27.0. The normalized spacial score (nSPS) is 23.3. The number of carbonyl (C=O) groups is 3. The number of phosphoric ester groups is 1. The lowest BCUT2D eigenvalue weighted by Gasteiger charge is -2.46. The molecule has 0 unspecified atom stereocenters. The highest BCUT2D eigenvalue weighted by molar-refractivity contribution is 7.46. The highest BCUT2D eigenvalue weighted by Gasteiger charge is 2.53. The third-order valence-electron chi connectivity index (χ3n) is 16.2. The molecule has 5 N–H and O–H groups in total. The Bertz CT molecular complexity index is 1680. The van der Waals surface area contributed by atoms with Gasteiger partial charge in [-0.15, -0.1) is 0 Å². The molecular formula is C65H121O18P. The number of Topliss-reactive ketones (excluding diaryl/α,β-unsaturated/α-hetero) is 1. The Morgan fingerprint density at radius 2 is 0.976 bits per heavy atom. The predicted octanol–water partition coefficient (Wildman–Crippen LogP) is 13.7. The molecule has 0 aromatic rings. The second kappa shape index (κ2) is 50.9. The van der Waals surface area contributed by atoms with E-state index in [0.29, 0.717) is 25.7 Å². The van der Waals surface area contributed by atoms with Crippen LogP contribution in [-0.2, 0) is 61.4 Å². The summed E-state index contributed by atoms with van der Waals surface area (Å²) in [5.74, 6) is -1.83. The van der Waals surface area contributed by atoms with E-state index in [1.54, 1.807) is 7.11 Å². The van der Waals surface area contributed by atoms with Crippen molar-refractivity contribution in [3.05, 3.63) is 12.2 Å². The number of aliphatic hydroxyl groups is 3. The van der Waals surface area contributed by atoms with Gasteiger partial charge in [0.25, 0.3) is 0 Å². The average Bonchev–Trinajstić information content (AvgIpc) is 3.51. The number of rotatable bonds is 56. The van der Waals surface area contributed by atoms with Crippen LogP contribution in [0.15, 0.2) is 12.2 Å². The summed E-state index contributed by atoms with van der Waals surface area (Å²) in [4.78, 5) is 60.4. The maximum absolute atomic E-state index is 13.9. The van der Waals surface area contributed by atoms with E-state index in [1.807, 2.05) is 0 Å². The smallest absolute Gasteiger partial charge is 0.454 e. The molecule has 0 saturated carbocycles. The number of aliphatic hydroxyl groups excluding tert-OH is 3. The summed E-state index contributed by atoms with van der Waals surface area (Å²) in [5, 5.41) is 34.2. The molecule has 0 aromatic heterocycles. The van der Waals surface area contributed by atoms with Gasteiger partial charge in [-0.1, -0.05) is 220 Å². The Morgan fingerprint density at radius 1 is 0.500 bits per heavy atom. The molecule has 2 aliphatic rings. The molecule has 0 spiro atoms. The molecule has 0 amide bonds. The number of methoxy groups -OCH3 is 1. The van der Waals surface area contributed by atoms with Crippen LogP contribution in [-0.4, -0.2) is 144 Å². The number of esters is 2. The fourth-order valence-electron chi connectivity index (χ4n) is 11.1. The first-order valence-electron chi connectivity index (χ1n) is 33.7. The maximum atomic E-state index is 13.9. The second-order valence-electron chi connectivity index (χ2n) is 23.7. The summed E-state index contributed by atoms with van der Waals surface area (Å²) < 4.78 is 66.3. The van der Waals surface area contributed by atoms with Crippen molar-refractivity contribution in [2.24, 2.45) is 0 Å². The minimum Gasteiger partial charge on any atom is -0.454 e. The highest BCUT2D eigenvalue weighted by atomic mass is 31.2. The third-order valence-corrected chi connectivity index (χ3v) is 16.7. The van der Waals surface area contributed by atoms with Crippen LogP contribution < -0.4 is 0 Å². The van der Waals surface area contributed by atoms with Crippen LogP contribution in [0.25, 0.3) is 0 Å². The van der Waals surface area contributed by atoms with E-state index in [0.717, 1.165) is 141 Å². The number of allylic oxidation sites excluding steroid dienone is 2. The quantitative estimate of drug-likeness (QED) is 0.0125. The van der Waals surface area contributed by atoms with Crippen LogP contribution in [0.5, 0.6) is 0 Å². The lowest BCUT2D eigenvalue weighted by Crippen LogP contribution is -2.63. The molecule has 2 saturated heterocycles. The molecule has 18 nitrogen and oxygen atoms in total. The molecule has 2 heterocycles. The summed E-state index contributed by atoms with van der Waals surface area (Å²) in [7, 11) is -3.67. The van der Waals surface area contributed by atoms with Gasteiger partial charge in [-0.25, -0.2) is 4.57 Å². The fourth-order valence-corrected chi connectivity index (χ4v) is 11.7. The van der Waals surface area contributed by atoms with Gasteiger partial charge in [0.2, 0.25) is 0 Å². The largest absolute Gasteiger partial charge is 0.470 e. The monoisotopic (exact) mass is 1220 g/mol. The Balaban J connectivity index is 2.29. The van der Waals surface area contributed by atoms with Gasteiger partial charge in [-0.05, 0) is 57.8 Å². The molecule has 0 bridgehead atoms. The van der Waals surface area contributed by atoms with Crippen LogP contribution in [0, 0.1) is 0 Å². The molecule has 2 aliphatic heterocycles. The van der Waals surface area contributed by atoms with Crippen molar-refractivity contribution in [2.75, 3.05) is 33.5 Å². The molecule has 2 fully saturated rings. The predicted molar refractivity (Wildman–Crippen MR) is 327 cm³/mol. The molecule has 84 heavy (non-hydrogen) atoms. The van der Waals surface area contributed by atoms with E-state index in [1.165, 1.54) is 70.6 Å². The number of hydrogen-bond acceptors (Lipinski definition) is 16.